The van der Waals surface area contributed by atoms with E-state index in [4.69, 9.17) is 11.6 Å². The van der Waals surface area contributed by atoms with Gasteiger partial charge in [0.2, 0.25) is 0 Å². The van der Waals surface area contributed by atoms with Gasteiger partial charge in [-0.15, -0.1) is 0 Å². The molecule has 1 fully saturated rings. The molecule has 0 aliphatic carbocycles. The molecule has 2 rings (SSSR count). The second-order valence-electron chi connectivity index (χ2n) is 3.98. The maximum absolute atomic E-state index is 6.04. The minimum absolute atomic E-state index is 0.570. The summed E-state index contributed by atoms with van der Waals surface area (Å²) < 4.78 is 8.35. The normalized spacial score (nSPS) is 22.8. The molecule has 15 heavy (non-hydrogen) atoms. The Balaban J connectivity index is 2.20. The van der Waals surface area contributed by atoms with Gasteiger partial charge in [0.15, 0.2) is 11.0 Å². The van der Waals surface area contributed by atoms with Gasteiger partial charge in [-0.2, -0.15) is 8.75 Å². The van der Waals surface area contributed by atoms with Gasteiger partial charge in [0.1, 0.15) is 0 Å². The fourth-order valence-corrected chi connectivity index (χ4v) is 2.98. The largest absolute Gasteiger partial charge is 0.350 e. The summed E-state index contributed by atoms with van der Waals surface area (Å²) in [5, 5.41) is 0.570. The first kappa shape index (κ1) is 11.1. The van der Waals surface area contributed by atoms with E-state index in [1.54, 1.807) is 0 Å². The Bertz CT molecular complexity index is 315. The molecule has 0 amide bonds. The van der Waals surface area contributed by atoms with Crippen molar-refractivity contribution in [2.75, 3.05) is 11.4 Å². The minimum atomic E-state index is 0.570. The van der Waals surface area contributed by atoms with Gasteiger partial charge >= 0.3 is 0 Å². The summed E-state index contributed by atoms with van der Waals surface area (Å²) in [5.74, 6) is 0.899. The van der Waals surface area contributed by atoms with E-state index in [1.165, 1.54) is 37.4 Å². The fraction of sp³-hybridized carbons (Fsp3) is 0.800. The average molecular weight is 246 g/mol. The Labute approximate surface area is 99.8 Å². The number of halogens is 1. The monoisotopic (exact) mass is 245 g/mol. The lowest BCUT2D eigenvalue weighted by Gasteiger charge is -2.29. The number of rotatable bonds is 2. The van der Waals surface area contributed by atoms with Gasteiger partial charge < -0.3 is 4.90 Å². The van der Waals surface area contributed by atoms with Crippen LogP contribution in [0, 0.1) is 0 Å². The van der Waals surface area contributed by atoms with E-state index in [1.807, 2.05) is 0 Å². The highest BCUT2D eigenvalue weighted by Crippen LogP contribution is 2.29. The van der Waals surface area contributed by atoms with Crippen molar-refractivity contribution in [2.24, 2.45) is 0 Å². The molecule has 0 saturated carbocycles. The Morgan fingerprint density at radius 3 is 2.93 bits per heavy atom. The second-order valence-corrected chi connectivity index (χ2v) is 4.87. The summed E-state index contributed by atoms with van der Waals surface area (Å²) in [6.45, 7) is 3.31. The van der Waals surface area contributed by atoms with Crippen molar-refractivity contribution in [3.8, 4) is 0 Å². The topological polar surface area (TPSA) is 29.0 Å². The van der Waals surface area contributed by atoms with Gasteiger partial charge in [-0.25, -0.2) is 0 Å². The van der Waals surface area contributed by atoms with Crippen LogP contribution in [0.15, 0.2) is 0 Å². The molecule has 3 nitrogen and oxygen atoms in total. The van der Waals surface area contributed by atoms with Crippen LogP contribution < -0.4 is 4.90 Å². The highest BCUT2D eigenvalue weighted by Gasteiger charge is 2.23. The van der Waals surface area contributed by atoms with Crippen LogP contribution in [0.5, 0.6) is 0 Å². The molecule has 2 heterocycles. The van der Waals surface area contributed by atoms with Crippen molar-refractivity contribution in [1.29, 1.82) is 0 Å². The highest BCUT2D eigenvalue weighted by atomic mass is 35.5. The van der Waals surface area contributed by atoms with Crippen LogP contribution in [-0.4, -0.2) is 21.3 Å². The highest BCUT2D eigenvalue weighted by molar-refractivity contribution is 6.99. The molecule has 0 bridgehead atoms. The molecule has 0 N–H and O–H groups in total. The van der Waals surface area contributed by atoms with Gasteiger partial charge in [0.25, 0.3) is 0 Å². The Hall–Kier alpha value is -0.350. The van der Waals surface area contributed by atoms with E-state index >= 15 is 0 Å². The number of anilines is 1. The third-order valence-electron chi connectivity index (χ3n) is 3.05. The van der Waals surface area contributed by atoms with E-state index in [0.29, 0.717) is 11.2 Å². The summed E-state index contributed by atoms with van der Waals surface area (Å²) in [4.78, 5) is 2.35. The summed E-state index contributed by atoms with van der Waals surface area (Å²) in [5.41, 5.74) is 0. The number of hydrogen-bond donors (Lipinski definition) is 0. The van der Waals surface area contributed by atoms with Gasteiger partial charge in [-0.1, -0.05) is 31.4 Å². The summed E-state index contributed by atoms with van der Waals surface area (Å²) in [7, 11) is 0. The van der Waals surface area contributed by atoms with Crippen LogP contribution >= 0.6 is 23.3 Å². The Morgan fingerprint density at radius 1 is 1.40 bits per heavy atom. The van der Waals surface area contributed by atoms with Gasteiger partial charge in [-0.3, -0.25) is 0 Å². The summed E-state index contributed by atoms with van der Waals surface area (Å²) >= 11 is 7.25. The van der Waals surface area contributed by atoms with Crippen molar-refractivity contribution >= 4 is 29.1 Å². The molecule has 1 saturated heterocycles. The number of hydrogen-bond acceptors (Lipinski definition) is 4. The van der Waals surface area contributed by atoms with Crippen molar-refractivity contribution < 1.29 is 0 Å². The lowest BCUT2D eigenvalue weighted by molar-refractivity contribution is 0.553. The van der Waals surface area contributed by atoms with Crippen LogP contribution in [0.4, 0.5) is 5.82 Å². The zero-order valence-electron chi connectivity index (χ0n) is 8.95. The van der Waals surface area contributed by atoms with Crippen molar-refractivity contribution in [3.63, 3.8) is 0 Å². The molecule has 0 spiro atoms. The smallest absolute Gasteiger partial charge is 0.187 e. The number of aromatic nitrogens is 2. The standard InChI is InChI=1S/C10H16ClN3S/c1-2-8-6-4-3-5-7-14(8)10-9(11)12-15-13-10/h8H,2-7H2,1H3. The Morgan fingerprint density at radius 2 is 2.27 bits per heavy atom. The van der Waals surface area contributed by atoms with E-state index in [2.05, 4.69) is 20.6 Å². The first-order valence-corrected chi connectivity index (χ1v) is 6.68. The molecule has 5 heteroatoms. The average Bonchev–Trinajstić information content (AvgIpc) is 2.54. The summed E-state index contributed by atoms with van der Waals surface area (Å²) in [6.07, 6.45) is 6.30. The lowest BCUT2D eigenvalue weighted by Crippen LogP contribution is -2.34. The molecule has 1 unspecified atom stereocenters. The van der Waals surface area contributed by atoms with Crippen LogP contribution in [-0.2, 0) is 0 Å². The lowest BCUT2D eigenvalue weighted by atomic mass is 10.1. The van der Waals surface area contributed by atoms with Crippen LogP contribution in [0.2, 0.25) is 5.15 Å². The second kappa shape index (κ2) is 5.12. The molecule has 1 atom stereocenters. The Kier molecular flexibility index (Phi) is 3.81. The van der Waals surface area contributed by atoms with E-state index in [-0.39, 0.29) is 0 Å². The minimum Gasteiger partial charge on any atom is -0.350 e. The third kappa shape index (κ3) is 2.42. The molecular formula is C10H16ClN3S. The van der Waals surface area contributed by atoms with Gasteiger partial charge in [-0.05, 0) is 19.3 Å². The predicted molar refractivity (Wildman–Crippen MR) is 64.8 cm³/mol. The van der Waals surface area contributed by atoms with Crippen LogP contribution in [0.1, 0.15) is 39.0 Å². The first-order valence-electron chi connectivity index (χ1n) is 5.57. The third-order valence-corrected chi connectivity index (χ3v) is 3.93. The summed E-state index contributed by atoms with van der Waals surface area (Å²) in [6, 6.07) is 0.592. The van der Waals surface area contributed by atoms with E-state index in [9.17, 15) is 0 Å². The predicted octanol–water partition coefficient (Wildman–Crippen LogP) is 3.35. The first-order chi connectivity index (χ1) is 7.33. The molecule has 84 valence electrons. The molecule has 0 aromatic carbocycles. The van der Waals surface area contributed by atoms with Crippen molar-refractivity contribution in [2.45, 2.75) is 45.1 Å². The molecule has 1 aliphatic rings. The maximum Gasteiger partial charge on any atom is 0.187 e. The molecule has 1 aromatic rings. The van der Waals surface area contributed by atoms with E-state index < -0.39 is 0 Å². The number of nitrogens with zero attached hydrogens (tertiary/aromatic N) is 3. The van der Waals surface area contributed by atoms with Gasteiger partial charge in [0, 0.05) is 12.6 Å². The fourth-order valence-electron chi connectivity index (χ4n) is 2.22. The van der Waals surface area contributed by atoms with Crippen LogP contribution in [0.3, 0.4) is 0 Å². The molecule has 0 radical (unpaired) electrons. The maximum atomic E-state index is 6.04. The van der Waals surface area contributed by atoms with Crippen molar-refractivity contribution in [3.05, 3.63) is 5.15 Å². The molecule has 1 aliphatic heterocycles. The zero-order valence-corrected chi connectivity index (χ0v) is 10.5. The molecule has 1 aromatic heterocycles. The molecular weight excluding hydrogens is 230 g/mol. The zero-order chi connectivity index (χ0) is 10.7. The SMILES string of the molecule is CCC1CCCCCN1c1nsnc1Cl. The quantitative estimate of drug-likeness (QED) is 0.800. The van der Waals surface area contributed by atoms with Gasteiger partial charge in [0.05, 0.1) is 11.7 Å². The van der Waals surface area contributed by atoms with Crippen molar-refractivity contribution in [1.82, 2.24) is 8.75 Å². The van der Waals surface area contributed by atoms with E-state index in [0.717, 1.165) is 18.8 Å². The van der Waals surface area contributed by atoms with Crippen LogP contribution in [0.25, 0.3) is 0 Å².